The molecule has 6 nitrogen and oxygen atoms in total. The third kappa shape index (κ3) is 3.53. The number of amides is 1. The first-order chi connectivity index (χ1) is 9.24. The molecule has 0 aliphatic heterocycles. The maximum absolute atomic E-state index is 12.1. The number of nitrogens with zero attached hydrogens (tertiary/aromatic N) is 3. The number of nitrogens with two attached hydrogens (primary N) is 1. The van der Waals surface area contributed by atoms with E-state index in [4.69, 9.17) is 5.73 Å². The Morgan fingerprint density at radius 1 is 1.53 bits per heavy atom. The van der Waals surface area contributed by atoms with E-state index in [1.54, 1.807) is 10.9 Å². The fourth-order valence-electron chi connectivity index (χ4n) is 2.77. The predicted octanol–water partition coefficient (Wildman–Crippen LogP) is 0.935. The second-order valence-electron chi connectivity index (χ2n) is 5.19. The third-order valence-corrected chi connectivity index (χ3v) is 3.88. The summed E-state index contributed by atoms with van der Waals surface area (Å²) in [6, 6.07) is 0.283. The van der Waals surface area contributed by atoms with Crippen molar-refractivity contribution in [3.63, 3.8) is 0 Å². The highest BCUT2D eigenvalue weighted by Gasteiger charge is 2.26. The quantitative estimate of drug-likeness (QED) is 0.829. The maximum Gasteiger partial charge on any atom is 0.273 e. The van der Waals surface area contributed by atoms with Crippen LogP contribution in [0.2, 0.25) is 0 Å². The first kappa shape index (κ1) is 14.0. The summed E-state index contributed by atoms with van der Waals surface area (Å²) >= 11 is 0. The van der Waals surface area contributed by atoms with Gasteiger partial charge in [0.2, 0.25) is 0 Å². The monoisotopic (exact) mass is 265 g/mol. The first-order valence-electron chi connectivity index (χ1n) is 7.15. The number of carbonyl (C=O) groups is 1. The number of nitrogens with one attached hydrogen (secondary N) is 1. The van der Waals surface area contributed by atoms with Crippen LogP contribution in [-0.2, 0) is 6.54 Å². The Hall–Kier alpha value is -1.43. The van der Waals surface area contributed by atoms with Gasteiger partial charge >= 0.3 is 0 Å². The predicted molar refractivity (Wildman–Crippen MR) is 72.6 cm³/mol. The van der Waals surface area contributed by atoms with Crippen LogP contribution < -0.4 is 11.1 Å². The highest BCUT2D eigenvalue weighted by molar-refractivity contribution is 5.92. The van der Waals surface area contributed by atoms with Crippen molar-refractivity contribution in [3.05, 3.63) is 11.9 Å². The molecule has 0 aromatic carbocycles. The second kappa shape index (κ2) is 6.65. The first-order valence-corrected chi connectivity index (χ1v) is 7.15. The summed E-state index contributed by atoms with van der Waals surface area (Å²) in [6.45, 7) is 3.26. The summed E-state index contributed by atoms with van der Waals surface area (Å²) in [5.41, 5.74) is 5.83. The van der Waals surface area contributed by atoms with Gasteiger partial charge in [-0.2, -0.15) is 0 Å². The molecule has 2 rings (SSSR count). The van der Waals surface area contributed by atoms with E-state index in [2.05, 4.69) is 22.6 Å². The molecule has 1 amide bonds. The van der Waals surface area contributed by atoms with Crippen LogP contribution >= 0.6 is 0 Å². The Balaban J connectivity index is 1.95. The minimum atomic E-state index is -0.117. The molecule has 0 spiro atoms. The van der Waals surface area contributed by atoms with Crippen molar-refractivity contribution in [1.82, 2.24) is 20.3 Å². The minimum Gasteiger partial charge on any atom is -0.348 e. The van der Waals surface area contributed by atoms with Crippen molar-refractivity contribution in [1.29, 1.82) is 0 Å². The Labute approximate surface area is 113 Å². The Kier molecular flexibility index (Phi) is 4.90. The molecule has 19 heavy (non-hydrogen) atoms. The number of hydrogen-bond donors (Lipinski definition) is 2. The molecular formula is C13H23N5O. The molecule has 1 aliphatic carbocycles. The lowest BCUT2D eigenvalue weighted by atomic mass is 9.83. The van der Waals surface area contributed by atoms with Gasteiger partial charge < -0.3 is 11.1 Å². The van der Waals surface area contributed by atoms with Gasteiger partial charge in [0.25, 0.3) is 5.91 Å². The number of rotatable bonds is 5. The van der Waals surface area contributed by atoms with Crippen molar-refractivity contribution in [3.8, 4) is 0 Å². The molecule has 6 heteroatoms. The van der Waals surface area contributed by atoms with Gasteiger partial charge in [0, 0.05) is 12.6 Å². The summed E-state index contributed by atoms with van der Waals surface area (Å²) < 4.78 is 1.60. The van der Waals surface area contributed by atoms with Gasteiger partial charge in [0.05, 0.1) is 12.7 Å². The summed E-state index contributed by atoms with van der Waals surface area (Å²) in [6.07, 6.45) is 7.53. The van der Waals surface area contributed by atoms with Crippen LogP contribution in [0.15, 0.2) is 6.20 Å². The average Bonchev–Trinajstić information content (AvgIpc) is 2.88. The van der Waals surface area contributed by atoms with Crippen LogP contribution in [0.5, 0.6) is 0 Å². The van der Waals surface area contributed by atoms with Crippen LogP contribution in [0.4, 0.5) is 0 Å². The molecule has 2 atom stereocenters. The minimum absolute atomic E-state index is 0.117. The zero-order valence-corrected chi connectivity index (χ0v) is 11.5. The SMILES string of the molecule is CCC1CCCCC1NC(=O)c1cn(CCN)nn1. The number of hydrogen-bond acceptors (Lipinski definition) is 4. The molecule has 1 heterocycles. The highest BCUT2D eigenvalue weighted by Crippen LogP contribution is 2.26. The average molecular weight is 265 g/mol. The number of aromatic nitrogens is 3. The summed E-state index contributed by atoms with van der Waals surface area (Å²) in [5, 5.41) is 10.9. The highest BCUT2D eigenvalue weighted by atomic mass is 16.2. The second-order valence-corrected chi connectivity index (χ2v) is 5.19. The summed E-state index contributed by atoms with van der Waals surface area (Å²) in [7, 11) is 0. The molecule has 1 saturated carbocycles. The fraction of sp³-hybridized carbons (Fsp3) is 0.769. The van der Waals surface area contributed by atoms with Gasteiger partial charge in [-0.25, -0.2) is 0 Å². The zero-order chi connectivity index (χ0) is 13.7. The van der Waals surface area contributed by atoms with Gasteiger partial charge in [0.15, 0.2) is 5.69 Å². The van der Waals surface area contributed by atoms with E-state index < -0.39 is 0 Å². The lowest BCUT2D eigenvalue weighted by Crippen LogP contribution is -2.42. The van der Waals surface area contributed by atoms with Gasteiger partial charge in [-0.05, 0) is 18.8 Å². The normalized spacial score (nSPS) is 23.3. The van der Waals surface area contributed by atoms with Gasteiger partial charge in [-0.1, -0.05) is 31.4 Å². The van der Waals surface area contributed by atoms with Crippen molar-refractivity contribution in [2.45, 2.75) is 51.6 Å². The van der Waals surface area contributed by atoms with Crippen LogP contribution in [0.3, 0.4) is 0 Å². The van der Waals surface area contributed by atoms with E-state index in [1.807, 2.05) is 0 Å². The third-order valence-electron chi connectivity index (χ3n) is 3.88. The topological polar surface area (TPSA) is 85.8 Å². The maximum atomic E-state index is 12.1. The molecule has 1 fully saturated rings. The lowest BCUT2D eigenvalue weighted by molar-refractivity contribution is 0.0899. The molecule has 0 radical (unpaired) electrons. The van der Waals surface area contributed by atoms with Crippen LogP contribution in [0, 0.1) is 5.92 Å². The zero-order valence-electron chi connectivity index (χ0n) is 11.5. The van der Waals surface area contributed by atoms with E-state index in [-0.39, 0.29) is 11.9 Å². The van der Waals surface area contributed by atoms with E-state index in [0.717, 1.165) is 12.8 Å². The Bertz CT molecular complexity index is 417. The standard InChI is InChI=1S/C13H23N5O/c1-2-10-5-3-4-6-11(10)15-13(19)12-9-18(8-7-14)17-16-12/h9-11H,2-8,14H2,1H3,(H,15,19). The molecule has 1 aromatic heterocycles. The van der Waals surface area contributed by atoms with E-state index in [0.29, 0.717) is 24.7 Å². The summed E-state index contributed by atoms with van der Waals surface area (Å²) in [5.74, 6) is 0.477. The molecule has 1 aliphatic rings. The molecule has 0 bridgehead atoms. The van der Waals surface area contributed by atoms with E-state index >= 15 is 0 Å². The smallest absolute Gasteiger partial charge is 0.273 e. The van der Waals surface area contributed by atoms with Crippen LogP contribution in [0.25, 0.3) is 0 Å². The fourth-order valence-corrected chi connectivity index (χ4v) is 2.77. The molecular weight excluding hydrogens is 242 g/mol. The molecule has 106 valence electrons. The molecule has 3 N–H and O–H groups in total. The largest absolute Gasteiger partial charge is 0.348 e. The Morgan fingerprint density at radius 2 is 2.32 bits per heavy atom. The lowest BCUT2D eigenvalue weighted by Gasteiger charge is -2.31. The summed E-state index contributed by atoms with van der Waals surface area (Å²) in [4.78, 5) is 12.1. The van der Waals surface area contributed by atoms with Crippen LogP contribution in [0.1, 0.15) is 49.5 Å². The van der Waals surface area contributed by atoms with E-state index in [1.165, 1.54) is 19.3 Å². The number of carbonyl (C=O) groups excluding carboxylic acids is 1. The van der Waals surface area contributed by atoms with Crippen molar-refractivity contribution in [2.24, 2.45) is 11.7 Å². The van der Waals surface area contributed by atoms with Crippen molar-refractivity contribution in [2.75, 3.05) is 6.54 Å². The van der Waals surface area contributed by atoms with Gasteiger partial charge in [-0.3, -0.25) is 9.48 Å². The van der Waals surface area contributed by atoms with Crippen LogP contribution in [-0.4, -0.2) is 33.5 Å². The molecule has 2 unspecified atom stereocenters. The van der Waals surface area contributed by atoms with Gasteiger partial charge in [0.1, 0.15) is 0 Å². The Morgan fingerprint density at radius 3 is 3.05 bits per heavy atom. The molecule has 1 aromatic rings. The van der Waals surface area contributed by atoms with Gasteiger partial charge in [-0.15, -0.1) is 5.10 Å². The van der Waals surface area contributed by atoms with E-state index in [9.17, 15) is 4.79 Å². The van der Waals surface area contributed by atoms with Crippen molar-refractivity contribution >= 4 is 5.91 Å². The molecule has 0 saturated heterocycles. The van der Waals surface area contributed by atoms with Crippen molar-refractivity contribution < 1.29 is 4.79 Å².